The van der Waals surface area contributed by atoms with Crippen molar-refractivity contribution in [2.24, 2.45) is 0 Å². The van der Waals surface area contributed by atoms with Gasteiger partial charge in [-0.1, -0.05) is 0 Å². The Morgan fingerprint density at radius 3 is 2.48 bits per heavy atom. The third-order valence-electron chi connectivity index (χ3n) is 2.68. The largest absolute Gasteiger partial charge is 0.478 e. The van der Waals surface area contributed by atoms with E-state index in [4.69, 9.17) is 5.11 Å². The summed E-state index contributed by atoms with van der Waals surface area (Å²) in [5.41, 5.74) is -1.75. The van der Waals surface area contributed by atoms with Crippen LogP contribution in [0.3, 0.4) is 0 Å². The van der Waals surface area contributed by atoms with E-state index in [-0.39, 0.29) is 17.7 Å². The number of alkyl halides is 3. The van der Waals surface area contributed by atoms with Crippen molar-refractivity contribution in [1.29, 1.82) is 0 Å². The third-order valence-corrected chi connectivity index (χ3v) is 2.68. The van der Waals surface area contributed by atoms with Crippen molar-refractivity contribution >= 4 is 17.6 Å². The number of halogens is 3. The van der Waals surface area contributed by atoms with Crippen molar-refractivity contribution < 1.29 is 27.9 Å². The first-order valence-electron chi connectivity index (χ1n) is 6.14. The first-order chi connectivity index (χ1) is 9.75. The van der Waals surface area contributed by atoms with Gasteiger partial charge in [-0.2, -0.15) is 13.2 Å². The van der Waals surface area contributed by atoms with Gasteiger partial charge in [0.15, 0.2) is 0 Å². The minimum absolute atomic E-state index is 0.0795. The van der Waals surface area contributed by atoms with E-state index in [0.29, 0.717) is 25.1 Å². The van der Waals surface area contributed by atoms with Gasteiger partial charge in [-0.15, -0.1) is 0 Å². The second-order valence-corrected chi connectivity index (χ2v) is 4.32. The van der Waals surface area contributed by atoms with E-state index in [1.54, 1.807) is 7.05 Å². The van der Waals surface area contributed by atoms with Gasteiger partial charge >= 0.3 is 12.1 Å². The van der Waals surface area contributed by atoms with E-state index < -0.39 is 23.6 Å². The Balaban J connectivity index is 2.96. The SMILES string of the molecule is CNCCCC(=O)Nc1cc(C(F)(F)F)ccc1C(=O)O. The van der Waals surface area contributed by atoms with Gasteiger partial charge in [-0.25, -0.2) is 4.79 Å². The highest BCUT2D eigenvalue weighted by molar-refractivity contribution is 6.00. The van der Waals surface area contributed by atoms with Crippen LogP contribution >= 0.6 is 0 Å². The lowest BCUT2D eigenvalue weighted by Gasteiger charge is -2.12. The molecule has 0 aliphatic heterocycles. The van der Waals surface area contributed by atoms with E-state index in [2.05, 4.69) is 10.6 Å². The number of benzene rings is 1. The van der Waals surface area contributed by atoms with Crippen LogP contribution in [0.2, 0.25) is 0 Å². The van der Waals surface area contributed by atoms with Crippen LogP contribution in [0.15, 0.2) is 18.2 Å². The third kappa shape index (κ3) is 5.07. The summed E-state index contributed by atoms with van der Waals surface area (Å²) in [5, 5.41) is 14.0. The molecule has 0 spiro atoms. The molecule has 0 aliphatic carbocycles. The molecule has 1 amide bonds. The van der Waals surface area contributed by atoms with E-state index in [1.807, 2.05) is 0 Å². The highest BCUT2D eigenvalue weighted by Gasteiger charge is 2.31. The number of carbonyl (C=O) groups is 2. The maximum absolute atomic E-state index is 12.6. The molecule has 116 valence electrons. The fraction of sp³-hybridized carbons (Fsp3) is 0.385. The van der Waals surface area contributed by atoms with Crippen LogP contribution in [0.5, 0.6) is 0 Å². The topological polar surface area (TPSA) is 78.4 Å². The maximum Gasteiger partial charge on any atom is 0.416 e. The molecule has 0 aliphatic rings. The maximum atomic E-state index is 12.6. The molecule has 1 rings (SSSR count). The van der Waals surface area contributed by atoms with Gasteiger partial charge in [-0.3, -0.25) is 4.79 Å². The lowest BCUT2D eigenvalue weighted by molar-refractivity contribution is -0.137. The molecule has 5 nitrogen and oxygen atoms in total. The summed E-state index contributed by atoms with van der Waals surface area (Å²) >= 11 is 0. The molecule has 0 fully saturated rings. The summed E-state index contributed by atoms with van der Waals surface area (Å²) in [6.45, 7) is 0.571. The van der Waals surface area contributed by atoms with Crippen molar-refractivity contribution in [3.05, 3.63) is 29.3 Å². The molecule has 0 heterocycles. The summed E-state index contributed by atoms with van der Waals surface area (Å²) in [6, 6.07) is 2.12. The zero-order chi connectivity index (χ0) is 16.0. The molecule has 3 N–H and O–H groups in total. The molecule has 1 aromatic carbocycles. The minimum atomic E-state index is -4.61. The summed E-state index contributed by atoms with van der Waals surface area (Å²) in [4.78, 5) is 22.6. The summed E-state index contributed by atoms with van der Waals surface area (Å²) < 4.78 is 37.9. The Hall–Kier alpha value is -2.09. The molecule has 21 heavy (non-hydrogen) atoms. The summed E-state index contributed by atoms with van der Waals surface area (Å²) in [7, 11) is 1.70. The Morgan fingerprint density at radius 1 is 1.29 bits per heavy atom. The molecule has 0 saturated carbocycles. The molecule has 0 radical (unpaired) electrons. The Bertz CT molecular complexity index is 530. The molecule has 0 bridgehead atoms. The number of aromatic carboxylic acids is 1. The second-order valence-electron chi connectivity index (χ2n) is 4.32. The molecule has 0 unspecified atom stereocenters. The van der Waals surface area contributed by atoms with Crippen LogP contribution in [-0.2, 0) is 11.0 Å². The fourth-order valence-electron chi connectivity index (χ4n) is 1.65. The molecular formula is C13H15F3N2O3. The normalized spacial score (nSPS) is 11.2. The number of hydrogen-bond acceptors (Lipinski definition) is 3. The van der Waals surface area contributed by atoms with Crippen molar-refractivity contribution in [1.82, 2.24) is 5.32 Å². The van der Waals surface area contributed by atoms with Crippen molar-refractivity contribution in [3.63, 3.8) is 0 Å². The first kappa shape index (κ1) is 17.0. The quantitative estimate of drug-likeness (QED) is 0.705. The number of amides is 1. The predicted octanol–water partition coefficient (Wildman–Crippen LogP) is 2.34. The Labute approximate surface area is 119 Å². The number of hydrogen-bond donors (Lipinski definition) is 3. The minimum Gasteiger partial charge on any atom is -0.478 e. The number of carboxylic acids is 1. The van der Waals surface area contributed by atoms with Gasteiger partial charge in [0.1, 0.15) is 0 Å². The van der Waals surface area contributed by atoms with Crippen molar-refractivity contribution in [3.8, 4) is 0 Å². The van der Waals surface area contributed by atoms with E-state index >= 15 is 0 Å². The average Bonchev–Trinajstić information content (AvgIpc) is 2.37. The molecule has 0 atom stereocenters. The average molecular weight is 304 g/mol. The number of carbonyl (C=O) groups excluding carboxylic acids is 1. The Kier molecular flexibility index (Phi) is 5.71. The van der Waals surface area contributed by atoms with Gasteiger partial charge < -0.3 is 15.7 Å². The monoisotopic (exact) mass is 304 g/mol. The van der Waals surface area contributed by atoms with Gasteiger partial charge in [0.2, 0.25) is 5.91 Å². The van der Waals surface area contributed by atoms with Gasteiger partial charge in [0.05, 0.1) is 16.8 Å². The predicted molar refractivity (Wildman–Crippen MR) is 70.2 cm³/mol. The van der Waals surface area contributed by atoms with Crippen LogP contribution in [0.25, 0.3) is 0 Å². The molecule has 1 aromatic rings. The number of rotatable bonds is 6. The fourth-order valence-corrected chi connectivity index (χ4v) is 1.65. The summed E-state index contributed by atoms with van der Waals surface area (Å²) in [6.07, 6.45) is -4.04. The van der Waals surface area contributed by atoms with Crippen LogP contribution in [0.4, 0.5) is 18.9 Å². The van der Waals surface area contributed by atoms with Crippen LogP contribution in [-0.4, -0.2) is 30.6 Å². The first-order valence-corrected chi connectivity index (χ1v) is 6.14. The van der Waals surface area contributed by atoms with Gasteiger partial charge in [-0.05, 0) is 38.2 Å². The highest BCUT2D eigenvalue weighted by atomic mass is 19.4. The van der Waals surface area contributed by atoms with Crippen LogP contribution < -0.4 is 10.6 Å². The van der Waals surface area contributed by atoms with Crippen molar-refractivity contribution in [2.75, 3.05) is 18.9 Å². The van der Waals surface area contributed by atoms with Crippen LogP contribution in [0, 0.1) is 0 Å². The summed E-state index contributed by atoms with van der Waals surface area (Å²) in [5.74, 6) is -1.94. The zero-order valence-electron chi connectivity index (χ0n) is 11.3. The lowest BCUT2D eigenvalue weighted by Crippen LogP contribution is -2.18. The number of nitrogens with one attached hydrogen (secondary N) is 2. The van der Waals surface area contributed by atoms with Gasteiger partial charge in [0, 0.05) is 6.42 Å². The van der Waals surface area contributed by atoms with E-state index in [0.717, 1.165) is 6.07 Å². The van der Waals surface area contributed by atoms with E-state index in [9.17, 15) is 22.8 Å². The standard InChI is InChI=1S/C13H15F3N2O3/c1-17-6-2-3-11(19)18-10-7-8(13(14,15)16)4-5-9(10)12(20)21/h4-5,7,17H,2-3,6H2,1H3,(H,18,19)(H,20,21). The molecule has 0 aromatic heterocycles. The van der Waals surface area contributed by atoms with Crippen LogP contribution in [0.1, 0.15) is 28.8 Å². The second kappa shape index (κ2) is 7.07. The molecule has 0 saturated heterocycles. The molecule has 8 heteroatoms. The molecular weight excluding hydrogens is 289 g/mol. The van der Waals surface area contributed by atoms with E-state index in [1.165, 1.54) is 0 Å². The zero-order valence-corrected chi connectivity index (χ0v) is 11.3. The lowest BCUT2D eigenvalue weighted by atomic mass is 10.1. The van der Waals surface area contributed by atoms with Crippen molar-refractivity contribution in [2.45, 2.75) is 19.0 Å². The smallest absolute Gasteiger partial charge is 0.416 e. The van der Waals surface area contributed by atoms with Gasteiger partial charge in [0.25, 0.3) is 0 Å². The number of anilines is 1. The Morgan fingerprint density at radius 2 is 1.95 bits per heavy atom. The highest BCUT2D eigenvalue weighted by Crippen LogP contribution is 2.32. The number of carboxylic acid groups (broad SMARTS) is 1.